The van der Waals surface area contributed by atoms with Crippen LogP contribution in [-0.2, 0) is 6.42 Å². The molecule has 0 atom stereocenters. The van der Waals surface area contributed by atoms with E-state index in [-0.39, 0.29) is 0 Å². The van der Waals surface area contributed by atoms with E-state index in [9.17, 15) is 4.79 Å². The Balaban J connectivity index is 2.64. The van der Waals surface area contributed by atoms with Gasteiger partial charge in [-0.25, -0.2) is 0 Å². The first kappa shape index (κ1) is 10.2. The molecule has 70 valence electrons. The molecule has 1 aromatic carbocycles. The van der Waals surface area contributed by atoms with Crippen molar-refractivity contribution in [1.29, 1.82) is 0 Å². The van der Waals surface area contributed by atoms with Crippen molar-refractivity contribution >= 4 is 16.8 Å². The van der Waals surface area contributed by atoms with Crippen molar-refractivity contribution in [3.63, 3.8) is 0 Å². The van der Waals surface area contributed by atoms with Gasteiger partial charge in [0.25, 0.3) is 5.24 Å². The van der Waals surface area contributed by atoms with Crippen LogP contribution in [0.3, 0.4) is 0 Å². The van der Waals surface area contributed by atoms with Gasteiger partial charge in [0, 0.05) is 5.56 Å². The van der Waals surface area contributed by atoms with E-state index >= 15 is 0 Å². The van der Waals surface area contributed by atoms with E-state index in [1.165, 1.54) is 5.56 Å². The first-order chi connectivity index (χ1) is 6.24. The predicted molar refractivity (Wildman–Crippen MR) is 54.0 cm³/mol. The van der Waals surface area contributed by atoms with Gasteiger partial charge in [0.1, 0.15) is 0 Å². The van der Waals surface area contributed by atoms with Gasteiger partial charge in [0.2, 0.25) is 0 Å². The van der Waals surface area contributed by atoms with E-state index in [4.69, 9.17) is 17.3 Å². The van der Waals surface area contributed by atoms with Gasteiger partial charge in [-0.1, -0.05) is 12.1 Å². The molecule has 0 spiro atoms. The third-order valence-electron chi connectivity index (χ3n) is 1.85. The molecule has 0 aliphatic rings. The number of hydrogen-bond acceptors (Lipinski definition) is 2. The Hall–Kier alpha value is -0.860. The van der Waals surface area contributed by atoms with E-state index in [0.29, 0.717) is 12.1 Å². The van der Waals surface area contributed by atoms with Gasteiger partial charge in [-0.3, -0.25) is 4.79 Å². The lowest BCUT2D eigenvalue weighted by atomic mass is 10.1. The Kier molecular flexibility index (Phi) is 3.93. The molecular formula is C10H12ClNO. The van der Waals surface area contributed by atoms with E-state index in [2.05, 4.69) is 0 Å². The monoisotopic (exact) mass is 197 g/mol. The topological polar surface area (TPSA) is 43.1 Å². The molecule has 1 rings (SSSR count). The smallest absolute Gasteiger partial charge is 0.252 e. The van der Waals surface area contributed by atoms with Gasteiger partial charge in [-0.15, -0.1) is 0 Å². The van der Waals surface area contributed by atoms with Crippen LogP contribution < -0.4 is 5.73 Å². The zero-order valence-electron chi connectivity index (χ0n) is 7.29. The minimum Gasteiger partial charge on any atom is -0.330 e. The highest BCUT2D eigenvalue weighted by Crippen LogP contribution is 2.08. The first-order valence-electron chi connectivity index (χ1n) is 4.23. The lowest BCUT2D eigenvalue weighted by Crippen LogP contribution is -2.00. The summed E-state index contributed by atoms with van der Waals surface area (Å²) in [6.45, 7) is 0.691. The number of aryl methyl sites for hydroxylation is 1. The van der Waals surface area contributed by atoms with Gasteiger partial charge >= 0.3 is 0 Å². The highest BCUT2D eigenvalue weighted by Gasteiger charge is 2.00. The summed E-state index contributed by atoms with van der Waals surface area (Å²) in [7, 11) is 0. The van der Waals surface area contributed by atoms with E-state index in [1.807, 2.05) is 12.1 Å². The van der Waals surface area contributed by atoms with Crippen LogP contribution in [-0.4, -0.2) is 11.8 Å². The van der Waals surface area contributed by atoms with Crippen LogP contribution in [0.5, 0.6) is 0 Å². The first-order valence-corrected chi connectivity index (χ1v) is 4.60. The molecule has 0 saturated carbocycles. The Morgan fingerprint density at radius 2 is 1.92 bits per heavy atom. The summed E-state index contributed by atoms with van der Waals surface area (Å²) in [5.41, 5.74) is 7.11. The van der Waals surface area contributed by atoms with Crippen molar-refractivity contribution in [2.24, 2.45) is 5.73 Å². The van der Waals surface area contributed by atoms with Crippen LogP contribution in [0.1, 0.15) is 22.3 Å². The summed E-state index contributed by atoms with van der Waals surface area (Å²) in [6.07, 6.45) is 1.92. The zero-order chi connectivity index (χ0) is 9.68. The minimum atomic E-state index is -0.412. The van der Waals surface area contributed by atoms with Gasteiger partial charge < -0.3 is 5.73 Å². The van der Waals surface area contributed by atoms with Gasteiger partial charge in [0.15, 0.2) is 0 Å². The number of hydrogen-bond donors (Lipinski definition) is 1. The Morgan fingerprint density at radius 3 is 2.38 bits per heavy atom. The fourth-order valence-corrected chi connectivity index (χ4v) is 1.23. The lowest BCUT2D eigenvalue weighted by molar-refractivity contribution is 0.108. The molecule has 0 aliphatic carbocycles. The molecular weight excluding hydrogens is 186 g/mol. The molecule has 0 saturated heterocycles. The Bertz CT molecular complexity index is 281. The van der Waals surface area contributed by atoms with Crippen molar-refractivity contribution < 1.29 is 4.79 Å². The van der Waals surface area contributed by atoms with Gasteiger partial charge in [-0.05, 0) is 48.7 Å². The molecule has 0 amide bonds. The highest BCUT2D eigenvalue weighted by atomic mass is 35.5. The Morgan fingerprint density at radius 1 is 1.31 bits per heavy atom. The summed E-state index contributed by atoms with van der Waals surface area (Å²) >= 11 is 5.30. The number of halogens is 1. The number of carbonyl (C=O) groups is 1. The zero-order valence-corrected chi connectivity index (χ0v) is 8.05. The maximum atomic E-state index is 10.7. The summed E-state index contributed by atoms with van der Waals surface area (Å²) in [4.78, 5) is 10.7. The van der Waals surface area contributed by atoms with Gasteiger partial charge in [0.05, 0.1) is 0 Å². The lowest BCUT2D eigenvalue weighted by Gasteiger charge is -1.99. The fraction of sp³-hybridized carbons (Fsp3) is 0.300. The van der Waals surface area contributed by atoms with Crippen molar-refractivity contribution in [2.45, 2.75) is 12.8 Å². The maximum Gasteiger partial charge on any atom is 0.252 e. The van der Waals surface area contributed by atoms with Crippen LogP contribution >= 0.6 is 11.6 Å². The molecule has 0 aliphatic heterocycles. The number of rotatable bonds is 4. The van der Waals surface area contributed by atoms with Crippen LogP contribution in [0.15, 0.2) is 24.3 Å². The van der Waals surface area contributed by atoms with Crippen molar-refractivity contribution in [3.8, 4) is 0 Å². The summed E-state index contributed by atoms with van der Waals surface area (Å²) in [6, 6.07) is 7.29. The molecule has 13 heavy (non-hydrogen) atoms. The second kappa shape index (κ2) is 5.00. The third kappa shape index (κ3) is 3.17. The largest absolute Gasteiger partial charge is 0.330 e. The summed E-state index contributed by atoms with van der Waals surface area (Å²) in [5, 5.41) is -0.412. The quantitative estimate of drug-likeness (QED) is 0.750. The van der Waals surface area contributed by atoms with E-state index in [0.717, 1.165) is 12.8 Å². The molecule has 2 nitrogen and oxygen atoms in total. The van der Waals surface area contributed by atoms with Crippen LogP contribution in [0, 0.1) is 0 Å². The number of benzene rings is 1. The summed E-state index contributed by atoms with van der Waals surface area (Å²) < 4.78 is 0. The minimum absolute atomic E-state index is 0.412. The predicted octanol–water partition coefficient (Wildman–Crippen LogP) is 1.96. The fourth-order valence-electron chi connectivity index (χ4n) is 1.11. The molecule has 0 radical (unpaired) electrons. The molecule has 0 bridgehead atoms. The van der Waals surface area contributed by atoms with Crippen LogP contribution in [0.25, 0.3) is 0 Å². The van der Waals surface area contributed by atoms with Crippen LogP contribution in [0.4, 0.5) is 0 Å². The van der Waals surface area contributed by atoms with E-state index in [1.54, 1.807) is 12.1 Å². The van der Waals surface area contributed by atoms with Crippen molar-refractivity contribution in [2.75, 3.05) is 6.54 Å². The van der Waals surface area contributed by atoms with Crippen molar-refractivity contribution in [3.05, 3.63) is 35.4 Å². The molecule has 2 N–H and O–H groups in total. The SMILES string of the molecule is NCCCc1ccc(C(=O)Cl)cc1. The molecule has 0 unspecified atom stereocenters. The average molecular weight is 198 g/mol. The average Bonchev–Trinajstić information content (AvgIpc) is 2.15. The molecule has 0 heterocycles. The maximum absolute atomic E-state index is 10.7. The highest BCUT2D eigenvalue weighted by molar-refractivity contribution is 6.67. The molecule has 0 aromatic heterocycles. The van der Waals surface area contributed by atoms with Gasteiger partial charge in [-0.2, -0.15) is 0 Å². The van der Waals surface area contributed by atoms with Crippen LogP contribution in [0.2, 0.25) is 0 Å². The molecule has 3 heteroatoms. The second-order valence-electron chi connectivity index (χ2n) is 2.86. The molecule has 1 aromatic rings. The third-order valence-corrected chi connectivity index (χ3v) is 2.07. The second-order valence-corrected chi connectivity index (χ2v) is 3.21. The molecule has 0 fully saturated rings. The Labute approximate surface area is 82.7 Å². The summed E-state index contributed by atoms with van der Waals surface area (Å²) in [5.74, 6) is 0. The standard InChI is InChI=1S/C10H12ClNO/c11-10(13)9-5-3-8(4-6-9)2-1-7-12/h3-6H,1-2,7,12H2. The van der Waals surface area contributed by atoms with Crippen molar-refractivity contribution in [1.82, 2.24) is 0 Å². The normalized spacial score (nSPS) is 10.0. The number of carbonyl (C=O) groups excluding carboxylic acids is 1. The number of nitrogens with two attached hydrogens (primary N) is 1. The van der Waals surface area contributed by atoms with E-state index < -0.39 is 5.24 Å².